The van der Waals surface area contributed by atoms with E-state index in [2.05, 4.69) is 16.7 Å². The number of rotatable bonds is 3. The predicted molar refractivity (Wildman–Crippen MR) is 113 cm³/mol. The van der Waals surface area contributed by atoms with Gasteiger partial charge in [-0.25, -0.2) is 8.42 Å². The maximum atomic E-state index is 13.4. The third-order valence-corrected chi connectivity index (χ3v) is 10.4. The van der Waals surface area contributed by atoms with Gasteiger partial charge in [0.25, 0.3) is 0 Å². The molecule has 4 saturated carbocycles. The van der Waals surface area contributed by atoms with Gasteiger partial charge in [0.1, 0.15) is 0 Å². The molecule has 4 fully saturated rings. The van der Waals surface area contributed by atoms with Crippen molar-refractivity contribution in [1.29, 1.82) is 0 Å². The molecule has 4 nitrogen and oxygen atoms in total. The van der Waals surface area contributed by atoms with Gasteiger partial charge in [-0.05, 0) is 98.4 Å². The molecule has 7 rings (SSSR count). The summed E-state index contributed by atoms with van der Waals surface area (Å²) in [6.45, 7) is 3.24. The molecular weight excluding hydrogens is 380 g/mol. The Kier molecular flexibility index (Phi) is 3.90. The normalized spacial score (nSPS) is 36.3. The summed E-state index contributed by atoms with van der Waals surface area (Å²) >= 11 is 0. The minimum Gasteiger partial charge on any atom is -0.349 e. The second kappa shape index (κ2) is 6.21. The van der Waals surface area contributed by atoms with E-state index >= 15 is 0 Å². The summed E-state index contributed by atoms with van der Waals surface area (Å²) in [6.07, 6.45) is 10.3. The third-order valence-electron chi connectivity index (χ3n) is 8.40. The zero-order valence-corrected chi connectivity index (χ0v) is 17.9. The van der Waals surface area contributed by atoms with Crippen LogP contribution in [0.2, 0.25) is 0 Å². The van der Waals surface area contributed by atoms with E-state index in [1.165, 1.54) is 44.1 Å². The molecule has 4 aliphatic carbocycles. The standard InChI is InChI=1S/C24H30N2O2S/c1-17-23-3-2-8-25(23)9-10-26(17)29(27,28)22-6-4-21(5-7-22)24-14-18-11-19(15-24)13-20(12-18)16-24/h2-8,17-20H,9-16H2,1H3/t17-,18?,19?,20?,24?/m1/s1. The van der Waals surface area contributed by atoms with Crippen molar-refractivity contribution in [2.24, 2.45) is 17.8 Å². The quantitative estimate of drug-likeness (QED) is 0.735. The van der Waals surface area contributed by atoms with Crippen LogP contribution in [0.4, 0.5) is 0 Å². The van der Waals surface area contributed by atoms with Crippen molar-refractivity contribution < 1.29 is 8.42 Å². The van der Waals surface area contributed by atoms with Gasteiger partial charge >= 0.3 is 0 Å². The molecule has 2 heterocycles. The number of hydrogen-bond acceptors (Lipinski definition) is 2. The van der Waals surface area contributed by atoms with E-state index in [0.717, 1.165) is 30.0 Å². The molecule has 29 heavy (non-hydrogen) atoms. The van der Waals surface area contributed by atoms with Crippen LogP contribution < -0.4 is 0 Å². The summed E-state index contributed by atoms with van der Waals surface area (Å²) < 4.78 is 30.6. The van der Waals surface area contributed by atoms with Gasteiger partial charge in [-0.2, -0.15) is 4.31 Å². The van der Waals surface area contributed by atoms with Gasteiger partial charge in [-0.15, -0.1) is 0 Å². The number of benzene rings is 1. The average Bonchev–Trinajstić information content (AvgIpc) is 3.17. The molecule has 1 aliphatic heterocycles. The van der Waals surface area contributed by atoms with Gasteiger partial charge in [0.05, 0.1) is 10.9 Å². The van der Waals surface area contributed by atoms with Crippen molar-refractivity contribution in [3.8, 4) is 0 Å². The average molecular weight is 411 g/mol. The van der Waals surface area contributed by atoms with E-state index in [9.17, 15) is 8.42 Å². The van der Waals surface area contributed by atoms with E-state index in [1.54, 1.807) is 4.31 Å². The first-order valence-corrected chi connectivity index (χ1v) is 12.7. The van der Waals surface area contributed by atoms with Crippen molar-refractivity contribution in [3.63, 3.8) is 0 Å². The molecule has 4 bridgehead atoms. The lowest BCUT2D eigenvalue weighted by Crippen LogP contribution is -2.48. The third kappa shape index (κ3) is 2.70. The molecule has 0 spiro atoms. The fourth-order valence-corrected chi connectivity index (χ4v) is 9.06. The van der Waals surface area contributed by atoms with Crippen LogP contribution in [-0.2, 0) is 22.0 Å². The molecule has 0 amide bonds. The minimum absolute atomic E-state index is 0.133. The molecule has 0 N–H and O–H groups in total. The SMILES string of the molecule is C[C@@H]1c2cccn2CCN1S(=O)(=O)c1ccc(C23CC4CC(CC(C4)C2)C3)cc1. The number of sulfonamides is 1. The summed E-state index contributed by atoms with van der Waals surface area (Å²) in [5.74, 6) is 2.69. The second-order valence-corrected chi connectivity index (χ2v) is 12.0. The van der Waals surface area contributed by atoms with E-state index in [0.29, 0.717) is 16.9 Å². The number of fused-ring (bicyclic) bond motifs is 1. The van der Waals surface area contributed by atoms with Gasteiger partial charge < -0.3 is 4.57 Å². The van der Waals surface area contributed by atoms with Crippen LogP contribution in [0.5, 0.6) is 0 Å². The fourth-order valence-electron chi connectivity index (χ4n) is 7.47. The van der Waals surface area contributed by atoms with Gasteiger partial charge in [0.15, 0.2) is 0 Å². The molecule has 0 saturated heterocycles. The summed E-state index contributed by atoms with van der Waals surface area (Å²) in [4.78, 5) is 0.442. The van der Waals surface area contributed by atoms with Crippen molar-refractivity contribution in [1.82, 2.24) is 8.87 Å². The summed E-state index contributed by atoms with van der Waals surface area (Å²) in [6, 6.07) is 11.9. The topological polar surface area (TPSA) is 42.3 Å². The molecule has 2 aromatic rings. The van der Waals surface area contributed by atoms with Crippen LogP contribution in [0.25, 0.3) is 0 Å². The van der Waals surface area contributed by atoms with Crippen molar-refractivity contribution in [2.45, 2.75) is 68.3 Å². The van der Waals surface area contributed by atoms with Crippen LogP contribution in [-0.4, -0.2) is 23.8 Å². The first kappa shape index (κ1) is 18.2. The smallest absolute Gasteiger partial charge is 0.243 e. The minimum atomic E-state index is -3.48. The first-order chi connectivity index (χ1) is 13.9. The van der Waals surface area contributed by atoms with Crippen LogP contribution in [0.1, 0.15) is 62.7 Å². The molecule has 1 aromatic carbocycles. The molecule has 1 aromatic heterocycles. The van der Waals surface area contributed by atoms with Crippen molar-refractivity contribution in [3.05, 3.63) is 53.9 Å². The Hall–Kier alpha value is -1.59. The van der Waals surface area contributed by atoms with Gasteiger partial charge in [-0.1, -0.05) is 12.1 Å². The summed E-state index contributed by atoms with van der Waals surface area (Å²) in [5.41, 5.74) is 2.78. The molecule has 154 valence electrons. The van der Waals surface area contributed by atoms with E-state index in [1.807, 2.05) is 37.4 Å². The second-order valence-electron chi connectivity index (χ2n) is 10.1. The monoisotopic (exact) mass is 410 g/mol. The zero-order chi connectivity index (χ0) is 19.8. The lowest BCUT2D eigenvalue weighted by atomic mass is 9.48. The number of nitrogens with zero attached hydrogens (tertiary/aromatic N) is 2. The number of aromatic nitrogens is 1. The molecule has 0 radical (unpaired) electrons. The highest BCUT2D eigenvalue weighted by atomic mass is 32.2. The molecule has 1 atom stereocenters. The van der Waals surface area contributed by atoms with Gasteiger partial charge in [0.2, 0.25) is 10.0 Å². The lowest BCUT2D eigenvalue weighted by molar-refractivity contribution is -0.00521. The Morgan fingerprint density at radius 2 is 1.52 bits per heavy atom. The van der Waals surface area contributed by atoms with E-state index < -0.39 is 10.0 Å². The molecular formula is C24H30N2O2S. The maximum Gasteiger partial charge on any atom is 0.243 e. The summed E-state index contributed by atoms with van der Waals surface area (Å²) in [7, 11) is -3.48. The summed E-state index contributed by atoms with van der Waals surface area (Å²) in [5, 5.41) is 0. The highest BCUT2D eigenvalue weighted by Crippen LogP contribution is 2.60. The predicted octanol–water partition coefficient (Wildman–Crippen LogP) is 4.72. The Morgan fingerprint density at radius 3 is 2.14 bits per heavy atom. The fraction of sp³-hybridized carbons (Fsp3) is 0.583. The molecule has 5 heteroatoms. The van der Waals surface area contributed by atoms with Crippen LogP contribution in [0.3, 0.4) is 0 Å². The van der Waals surface area contributed by atoms with E-state index in [-0.39, 0.29) is 6.04 Å². The Morgan fingerprint density at radius 1 is 0.897 bits per heavy atom. The number of hydrogen-bond donors (Lipinski definition) is 0. The maximum absolute atomic E-state index is 13.4. The highest BCUT2D eigenvalue weighted by molar-refractivity contribution is 7.89. The van der Waals surface area contributed by atoms with Crippen molar-refractivity contribution in [2.75, 3.05) is 6.54 Å². The van der Waals surface area contributed by atoms with Crippen LogP contribution in [0, 0.1) is 17.8 Å². The molecule has 5 aliphatic rings. The Labute approximate surface area is 174 Å². The van der Waals surface area contributed by atoms with Gasteiger partial charge in [-0.3, -0.25) is 0 Å². The Bertz CT molecular complexity index is 1000. The van der Waals surface area contributed by atoms with Crippen molar-refractivity contribution >= 4 is 10.0 Å². The zero-order valence-electron chi connectivity index (χ0n) is 17.1. The lowest BCUT2D eigenvalue weighted by Gasteiger charge is -2.57. The van der Waals surface area contributed by atoms with Crippen LogP contribution >= 0.6 is 0 Å². The van der Waals surface area contributed by atoms with Crippen LogP contribution in [0.15, 0.2) is 47.5 Å². The Balaban J connectivity index is 1.30. The van der Waals surface area contributed by atoms with E-state index in [4.69, 9.17) is 0 Å². The first-order valence-electron chi connectivity index (χ1n) is 11.2. The van der Waals surface area contributed by atoms with Gasteiger partial charge in [0, 0.05) is 25.0 Å². The highest BCUT2D eigenvalue weighted by Gasteiger charge is 2.51. The largest absolute Gasteiger partial charge is 0.349 e. The molecule has 0 unspecified atom stereocenters.